The molecule has 224 valence electrons. The molecule has 18 heteroatoms. The molecule has 0 saturated carbocycles. The van der Waals surface area contributed by atoms with E-state index < -0.39 is 0 Å². The SMILES string of the molecule is Brc1cc(Br)c(SSc2c(Br)cc(Br)c(Br)c2Br)c(Br)c1Br.Brc1cc(Br)c(SSc2cc(Br)c(Br)cc2Br)cc1Br. The lowest BCUT2D eigenvalue weighted by Crippen LogP contribution is -1.83. The summed E-state index contributed by atoms with van der Waals surface area (Å²) in [5.74, 6) is 0. The summed E-state index contributed by atoms with van der Waals surface area (Å²) in [5, 5.41) is 0. The molecule has 0 spiro atoms. The predicted molar refractivity (Wildman–Crippen MR) is 237 cm³/mol. The summed E-state index contributed by atoms with van der Waals surface area (Å²) >= 11 is 49.9. The van der Waals surface area contributed by atoms with Gasteiger partial charge in [-0.25, -0.2) is 0 Å². The van der Waals surface area contributed by atoms with Gasteiger partial charge in [0.05, 0.1) is 0 Å². The van der Waals surface area contributed by atoms with Crippen LogP contribution in [-0.2, 0) is 0 Å². The Morgan fingerprint density at radius 3 is 0.881 bits per heavy atom. The Labute approximate surface area is 377 Å². The second-order valence-corrected chi connectivity index (χ2v) is 23.4. The minimum Gasteiger partial charge on any atom is -0.0513 e. The molecule has 42 heavy (non-hydrogen) atoms. The first-order valence-corrected chi connectivity index (χ1v) is 25.7. The van der Waals surface area contributed by atoms with Crippen LogP contribution in [0.3, 0.4) is 0 Å². The van der Waals surface area contributed by atoms with Crippen molar-refractivity contribution in [1.29, 1.82) is 0 Å². The average Bonchev–Trinajstić information content (AvgIpc) is 2.92. The second kappa shape index (κ2) is 19.6. The largest absolute Gasteiger partial charge is 0.0513 e. The molecule has 0 fully saturated rings. The van der Waals surface area contributed by atoms with Crippen LogP contribution < -0.4 is 0 Å². The third kappa shape index (κ3) is 11.5. The van der Waals surface area contributed by atoms with E-state index in [0.717, 1.165) is 82.2 Å². The predicted octanol–water partition coefficient (Wildman–Crippen LogP) is 19.6. The number of hydrogen-bond donors (Lipinski definition) is 0. The normalized spacial score (nSPS) is 11.0. The van der Waals surface area contributed by atoms with Gasteiger partial charge in [0.15, 0.2) is 0 Å². The molecule has 0 atom stereocenters. The first kappa shape index (κ1) is 41.4. The molecule has 0 unspecified atom stereocenters. The van der Waals surface area contributed by atoms with Crippen molar-refractivity contribution in [2.75, 3.05) is 0 Å². The quantitative estimate of drug-likeness (QED) is 0.107. The van der Waals surface area contributed by atoms with Crippen LogP contribution in [0.5, 0.6) is 0 Å². The summed E-state index contributed by atoms with van der Waals surface area (Å²) < 4.78 is 14.3. The smallest absolute Gasteiger partial charge is 0.0485 e. The fourth-order valence-electron chi connectivity index (χ4n) is 2.56. The number of benzene rings is 4. The molecule has 4 rings (SSSR count). The van der Waals surface area contributed by atoms with Crippen LogP contribution in [0.25, 0.3) is 0 Å². The molecule has 0 bridgehead atoms. The van der Waals surface area contributed by atoms with Gasteiger partial charge in [-0.2, -0.15) is 0 Å². The van der Waals surface area contributed by atoms with E-state index in [1.54, 1.807) is 43.2 Å². The second-order valence-electron chi connectivity index (χ2n) is 7.32. The molecule has 0 heterocycles. The Bertz CT molecular complexity index is 1530. The zero-order chi connectivity index (χ0) is 31.5. The van der Waals surface area contributed by atoms with Gasteiger partial charge in [0.25, 0.3) is 0 Å². The molecular formula is C24H6Br14S4. The highest BCUT2D eigenvalue weighted by atomic mass is 79.9. The first-order chi connectivity index (χ1) is 19.6. The summed E-state index contributed by atoms with van der Waals surface area (Å²) in [4.78, 5) is 4.54. The highest BCUT2D eigenvalue weighted by molar-refractivity contribution is 9.15. The van der Waals surface area contributed by atoms with Crippen LogP contribution in [0.1, 0.15) is 0 Å². The van der Waals surface area contributed by atoms with Gasteiger partial charge in [0.1, 0.15) is 0 Å². The molecule has 0 aliphatic carbocycles. The molecule has 0 aliphatic rings. The summed E-state index contributed by atoms with van der Waals surface area (Å²) in [6.45, 7) is 0. The molecule has 0 amide bonds. The van der Waals surface area contributed by atoms with Crippen LogP contribution in [0, 0.1) is 0 Å². The van der Waals surface area contributed by atoms with Crippen molar-refractivity contribution in [2.24, 2.45) is 0 Å². The summed E-state index contributed by atoms with van der Waals surface area (Å²) in [7, 11) is 6.75. The molecule has 0 nitrogen and oxygen atoms in total. The summed E-state index contributed by atoms with van der Waals surface area (Å²) in [6.07, 6.45) is 0. The number of rotatable bonds is 6. The van der Waals surface area contributed by atoms with Crippen LogP contribution in [0.15, 0.2) is 119 Å². The van der Waals surface area contributed by atoms with Crippen molar-refractivity contribution < 1.29 is 0 Å². The monoisotopic (exact) mass is 1530 g/mol. The van der Waals surface area contributed by atoms with Crippen molar-refractivity contribution in [1.82, 2.24) is 0 Å². The lowest BCUT2D eigenvalue weighted by atomic mass is 10.4. The van der Waals surface area contributed by atoms with Gasteiger partial charge >= 0.3 is 0 Å². The Kier molecular flexibility index (Phi) is 19.3. The van der Waals surface area contributed by atoms with Gasteiger partial charge in [-0.1, -0.05) is 43.2 Å². The van der Waals surface area contributed by atoms with Gasteiger partial charge in [-0.3, -0.25) is 0 Å². The average molecular weight is 1540 g/mol. The lowest BCUT2D eigenvalue weighted by Gasteiger charge is -2.13. The van der Waals surface area contributed by atoms with E-state index in [1.807, 2.05) is 24.3 Å². The minimum atomic E-state index is 0.994. The van der Waals surface area contributed by atoms with E-state index in [0.29, 0.717) is 0 Å². The molecular weight excluding hydrogens is 1540 g/mol. The molecule has 0 N–H and O–H groups in total. The van der Waals surface area contributed by atoms with Crippen molar-refractivity contribution in [3.05, 3.63) is 99.0 Å². The fourth-order valence-corrected chi connectivity index (χ4v) is 18.5. The molecule has 0 saturated heterocycles. The third-order valence-electron chi connectivity index (χ3n) is 4.52. The van der Waals surface area contributed by atoms with Crippen molar-refractivity contribution >= 4 is 266 Å². The zero-order valence-electron chi connectivity index (χ0n) is 19.4. The Hall–Kier alpha value is 5.00. The van der Waals surface area contributed by atoms with Gasteiger partial charge in [0, 0.05) is 82.2 Å². The Morgan fingerprint density at radius 1 is 0.262 bits per heavy atom. The van der Waals surface area contributed by atoms with Crippen LogP contribution in [0.2, 0.25) is 0 Å². The van der Waals surface area contributed by atoms with Crippen molar-refractivity contribution in [3.63, 3.8) is 0 Å². The Morgan fingerprint density at radius 2 is 0.548 bits per heavy atom. The minimum absolute atomic E-state index is 0.994. The third-order valence-corrected chi connectivity index (χ3v) is 23.9. The standard InChI is InChI=1S/C12H2Br8S2.C12H4Br6S2/c13-3-1-5(15)11(9(19)7(3)17)21-22-12-6(16)2-4(14)8(18)10(12)20;13-5-1-9(17)11(3-7(5)15)19-20-12-4-8(16)6(14)2-10(12)18/h1-2H;1-4H. The first-order valence-electron chi connectivity index (χ1n) is 10.3. The van der Waals surface area contributed by atoms with Crippen molar-refractivity contribution in [2.45, 2.75) is 19.6 Å². The van der Waals surface area contributed by atoms with Gasteiger partial charge < -0.3 is 0 Å². The van der Waals surface area contributed by atoms with E-state index in [-0.39, 0.29) is 0 Å². The van der Waals surface area contributed by atoms with E-state index in [1.165, 1.54) is 0 Å². The summed E-state index contributed by atoms with van der Waals surface area (Å²) in [5.41, 5.74) is 0. The zero-order valence-corrected chi connectivity index (χ0v) is 44.9. The maximum absolute atomic E-state index is 3.64. The molecule has 0 aromatic heterocycles. The Balaban J connectivity index is 0.000000231. The molecule has 4 aromatic rings. The fraction of sp³-hybridized carbons (Fsp3) is 0. The maximum atomic E-state index is 3.64. The maximum Gasteiger partial charge on any atom is 0.0485 e. The highest BCUT2D eigenvalue weighted by Gasteiger charge is 2.18. The van der Waals surface area contributed by atoms with E-state index in [9.17, 15) is 0 Å². The molecule has 4 aromatic carbocycles. The lowest BCUT2D eigenvalue weighted by molar-refractivity contribution is 1.31. The van der Waals surface area contributed by atoms with Crippen LogP contribution in [-0.4, -0.2) is 0 Å². The van der Waals surface area contributed by atoms with E-state index >= 15 is 0 Å². The van der Waals surface area contributed by atoms with E-state index in [2.05, 4.69) is 235 Å². The van der Waals surface area contributed by atoms with Crippen LogP contribution >= 0.6 is 266 Å². The molecule has 0 radical (unpaired) electrons. The number of hydrogen-bond acceptors (Lipinski definition) is 4. The van der Waals surface area contributed by atoms with E-state index in [4.69, 9.17) is 0 Å². The summed E-state index contributed by atoms with van der Waals surface area (Å²) in [6, 6.07) is 12.3. The number of halogens is 14. The highest BCUT2D eigenvalue weighted by Crippen LogP contribution is 2.53. The molecule has 0 aliphatic heterocycles. The van der Waals surface area contributed by atoms with Gasteiger partial charge in [0.2, 0.25) is 0 Å². The topological polar surface area (TPSA) is 0 Å². The van der Waals surface area contributed by atoms with Gasteiger partial charge in [-0.15, -0.1) is 0 Å². The van der Waals surface area contributed by atoms with Gasteiger partial charge in [-0.05, 0) is 259 Å². The van der Waals surface area contributed by atoms with Crippen LogP contribution in [0.4, 0.5) is 0 Å². The van der Waals surface area contributed by atoms with Crippen molar-refractivity contribution in [3.8, 4) is 0 Å².